The van der Waals surface area contributed by atoms with Gasteiger partial charge >= 0.3 is 0 Å². The Kier molecular flexibility index (Phi) is 4.28. The second-order valence-corrected chi connectivity index (χ2v) is 6.04. The molecule has 9 heteroatoms. The van der Waals surface area contributed by atoms with E-state index in [9.17, 15) is 24.5 Å². The topological polar surface area (TPSA) is 97.6 Å². The minimum atomic E-state index is -0.884. The molecule has 126 valence electrons. The molecule has 0 unspecified atom stereocenters. The van der Waals surface area contributed by atoms with Gasteiger partial charge in [-0.2, -0.15) is 0 Å². The molecule has 0 N–H and O–H groups in total. The maximum absolute atomic E-state index is 12.4. The van der Waals surface area contributed by atoms with Crippen LogP contribution in [0.25, 0.3) is 0 Å². The third kappa shape index (κ3) is 2.88. The van der Waals surface area contributed by atoms with E-state index in [2.05, 4.69) is 0 Å². The van der Waals surface area contributed by atoms with Gasteiger partial charge in [-0.1, -0.05) is 29.3 Å². The Hall–Kier alpha value is -2.77. The predicted octanol–water partition coefficient (Wildman–Crippen LogP) is 3.38. The van der Waals surface area contributed by atoms with Crippen molar-refractivity contribution in [2.75, 3.05) is 6.54 Å². The number of fused-ring (bicyclic) bond motifs is 1. The molecule has 1 heterocycles. The molecule has 0 saturated carbocycles. The summed E-state index contributed by atoms with van der Waals surface area (Å²) >= 11 is 11.7. The van der Waals surface area contributed by atoms with Gasteiger partial charge in [-0.15, -0.1) is 0 Å². The number of nitro benzene ring substituents is 1. The zero-order chi connectivity index (χ0) is 18.3. The molecule has 0 atom stereocenters. The van der Waals surface area contributed by atoms with Gasteiger partial charge in [-0.3, -0.25) is 29.4 Å². The van der Waals surface area contributed by atoms with Crippen LogP contribution in [0.5, 0.6) is 0 Å². The minimum Gasteiger partial charge on any atom is -0.292 e. The second-order valence-electron chi connectivity index (χ2n) is 5.20. The third-order valence-corrected chi connectivity index (χ3v) is 4.25. The van der Waals surface area contributed by atoms with Gasteiger partial charge in [0.15, 0.2) is 5.78 Å². The summed E-state index contributed by atoms with van der Waals surface area (Å²) in [6.07, 6.45) is 0. The fourth-order valence-corrected chi connectivity index (χ4v) is 3.07. The maximum Gasteiger partial charge on any atom is 0.282 e. The van der Waals surface area contributed by atoms with Gasteiger partial charge in [0.2, 0.25) is 0 Å². The lowest BCUT2D eigenvalue weighted by Crippen LogP contribution is -2.35. The number of hydrogen-bond acceptors (Lipinski definition) is 5. The summed E-state index contributed by atoms with van der Waals surface area (Å²) in [5.74, 6) is -2.23. The summed E-state index contributed by atoms with van der Waals surface area (Å²) in [4.78, 5) is 48.2. The quantitative estimate of drug-likeness (QED) is 0.351. The lowest BCUT2D eigenvalue weighted by atomic mass is 10.1. The van der Waals surface area contributed by atoms with Crippen LogP contribution < -0.4 is 0 Å². The van der Waals surface area contributed by atoms with Crippen molar-refractivity contribution < 1.29 is 19.3 Å². The molecule has 0 radical (unpaired) electrons. The largest absolute Gasteiger partial charge is 0.292 e. The molecule has 0 bridgehead atoms. The smallest absolute Gasteiger partial charge is 0.282 e. The SMILES string of the molecule is O=C(CN1C(=O)c2cccc([N+](=O)[O-])c2C1=O)c1ccc(Cl)cc1Cl. The summed E-state index contributed by atoms with van der Waals surface area (Å²) < 4.78 is 0. The standard InChI is InChI=1S/C16H8Cl2N2O5/c17-8-4-5-9(11(18)6-8)13(21)7-19-15(22)10-2-1-3-12(20(24)25)14(10)16(19)23/h1-6H,7H2. The van der Waals surface area contributed by atoms with Crippen LogP contribution in [-0.2, 0) is 0 Å². The fraction of sp³-hybridized carbons (Fsp3) is 0.0625. The molecule has 0 fully saturated rings. The van der Waals surface area contributed by atoms with Crippen LogP contribution in [0.1, 0.15) is 31.1 Å². The van der Waals surface area contributed by atoms with Crippen molar-refractivity contribution in [2.45, 2.75) is 0 Å². The van der Waals surface area contributed by atoms with Crippen LogP contribution in [0.15, 0.2) is 36.4 Å². The van der Waals surface area contributed by atoms with E-state index in [4.69, 9.17) is 23.2 Å². The number of carbonyl (C=O) groups is 3. The zero-order valence-electron chi connectivity index (χ0n) is 12.4. The molecule has 0 spiro atoms. The number of carbonyl (C=O) groups excluding carboxylic acids is 3. The number of hydrogen-bond donors (Lipinski definition) is 0. The second kappa shape index (κ2) is 6.27. The highest BCUT2D eigenvalue weighted by atomic mass is 35.5. The fourth-order valence-electron chi connectivity index (χ4n) is 2.56. The van der Waals surface area contributed by atoms with Crippen molar-refractivity contribution in [3.63, 3.8) is 0 Å². The van der Waals surface area contributed by atoms with Gasteiger partial charge in [0.1, 0.15) is 5.56 Å². The number of Topliss-reactive ketones (excluding diaryl/α,β-unsaturated/α-hetero) is 1. The molecule has 25 heavy (non-hydrogen) atoms. The van der Waals surface area contributed by atoms with Gasteiger partial charge < -0.3 is 0 Å². The minimum absolute atomic E-state index is 0.0834. The summed E-state index contributed by atoms with van der Waals surface area (Å²) in [5.41, 5.74) is -0.797. The Morgan fingerprint density at radius 3 is 2.48 bits per heavy atom. The Balaban J connectivity index is 1.93. The zero-order valence-corrected chi connectivity index (χ0v) is 13.9. The average molecular weight is 379 g/mol. The van der Waals surface area contributed by atoms with E-state index in [1.165, 1.54) is 30.3 Å². The summed E-state index contributed by atoms with van der Waals surface area (Å²) in [7, 11) is 0. The van der Waals surface area contributed by atoms with Crippen LogP contribution in [-0.4, -0.2) is 34.0 Å². The Morgan fingerprint density at radius 1 is 1.12 bits per heavy atom. The monoisotopic (exact) mass is 378 g/mol. The summed E-state index contributed by atoms with van der Waals surface area (Å²) in [6.45, 7) is -0.579. The highest BCUT2D eigenvalue weighted by Gasteiger charge is 2.41. The van der Waals surface area contributed by atoms with Crippen molar-refractivity contribution in [1.82, 2.24) is 4.90 Å². The van der Waals surface area contributed by atoms with Gasteiger partial charge in [0.05, 0.1) is 22.1 Å². The van der Waals surface area contributed by atoms with Crippen LogP contribution >= 0.6 is 23.2 Å². The van der Waals surface area contributed by atoms with Crippen LogP contribution in [0.2, 0.25) is 10.0 Å². The summed E-state index contributed by atoms with van der Waals surface area (Å²) in [6, 6.07) is 7.95. The normalized spacial score (nSPS) is 13.1. The summed E-state index contributed by atoms with van der Waals surface area (Å²) in [5, 5.41) is 11.5. The first-order chi connectivity index (χ1) is 11.8. The molecular weight excluding hydrogens is 371 g/mol. The lowest BCUT2D eigenvalue weighted by Gasteiger charge is -2.13. The number of imide groups is 1. The van der Waals surface area contributed by atoms with Crippen molar-refractivity contribution in [3.05, 3.63) is 73.2 Å². The Bertz CT molecular complexity index is 958. The number of nitro groups is 1. The highest BCUT2D eigenvalue weighted by molar-refractivity contribution is 6.37. The van der Waals surface area contributed by atoms with E-state index in [-0.39, 0.29) is 21.7 Å². The lowest BCUT2D eigenvalue weighted by molar-refractivity contribution is -0.385. The first-order valence-electron chi connectivity index (χ1n) is 6.93. The molecular formula is C16H8Cl2N2O5. The molecule has 2 amide bonds. The number of amides is 2. The molecule has 2 aromatic rings. The molecule has 1 aliphatic heterocycles. The van der Waals surface area contributed by atoms with E-state index in [1.807, 2.05) is 0 Å². The molecule has 2 aromatic carbocycles. The predicted molar refractivity (Wildman–Crippen MR) is 89.3 cm³/mol. The van der Waals surface area contributed by atoms with E-state index < -0.39 is 34.8 Å². The Labute approximate surface area is 150 Å². The molecule has 0 aromatic heterocycles. The molecule has 1 aliphatic rings. The van der Waals surface area contributed by atoms with E-state index in [0.717, 1.165) is 6.07 Å². The number of nitrogens with zero attached hydrogens (tertiary/aromatic N) is 2. The van der Waals surface area contributed by atoms with Crippen molar-refractivity contribution in [3.8, 4) is 0 Å². The van der Waals surface area contributed by atoms with Crippen LogP contribution in [0.4, 0.5) is 5.69 Å². The van der Waals surface area contributed by atoms with Crippen LogP contribution in [0.3, 0.4) is 0 Å². The Morgan fingerprint density at radius 2 is 1.84 bits per heavy atom. The van der Waals surface area contributed by atoms with Gasteiger partial charge in [0.25, 0.3) is 17.5 Å². The average Bonchev–Trinajstić information content (AvgIpc) is 2.79. The molecule has 7 nitrogen and oxygen atoms in total. The van der Waals surface area contributed by atoms with Gasteiger partial charge in [-0.25, -0.2) is 0 Å². The molecule has 3 rings (SSSR count). The van der Waals surface area contributed by atoms with E-state index in [1.54, 1.807) is 0 Å². The van der Waals surface area contributed by atoms with Crippen LogP contribution in [0, 0.1) is 10.1 Å². The first-order valence-corrected chi connectivity index (χ1v) is 7.68. The molecule has 0 aliphatic carbocycles. The van der Waals surface area contributed by atoms with Crippen molar-refractivity contribution in [2.24, 2.45) is 0 Å². The van der Waals surface area contributed by atoms with E-state index >= 15 is 0 Å². The number of rotatable bonds is 4. The van der Waals surface area contributed by atoms with Crippen molar-refractivity contribution in [1.29, 1.82) is 0 Å². The number of ketones is 1. The first kappa shape index (κ1) is 17.1. The number of benzene rings is 2. The van der Waals surface area contributed by atoms with Gasteiger partial charge in [-0.05, 0) is 24.3 Å². The third-order valence-electron chi connectivity index (χ3n) is 3.71. The highest BCUT2D eigenvalue weighted by Crippen LogP contribution is 2.31. The number of halogens is 2. The maximum atomic E-state index is 12.4. The van der Waals surface area contributed by atoms with E-state index in [0.29, 0.717) is 9.92 Å². The van der Waals surface area contributed by atoms with Gasteiger partial charge in [0, 0.05) is 16.7 Å². The van der Waals surface area contributed by atoms with Crippen molar-refractivity contribution >= 4 is 46.5 Å². The molecule has 0 saturated heterocycles.